The van der Waals surface area contributed by atoms with Crippen molar-refractivity contribution in [3.05, 3.63) is 58.2 Å². The quantitative estimate of drug-likeness (QED) is 0.534. The molecule has 1 aromatic heterocycles. The summed E-state index contributed by atoms with van der Waals surface area (Å²) in [5, 5.41) is 5.34. The van der Waals surface area contributed by atoms with Gasteiger partial charge < -0.3 is 15.0 Å². The smallest absolute Gasteiger partial charge is 0.267 e. The minimum atomic E-state index is -0.0961. The minimum Gasteiger partial charge on any atom is -0.381 e. The Morgan fingerprint density at radius 1 is 1.11 bits per heavy atom. The summed E-state index contributed by atoms with van der Waals surface area (Å²) in [6.45, 7) is 2.22. The fourth-order valence-electron chi connectivity index (χ4n) is 3.29. The number of ether oxygens (including phenoxy) is 1. The fourth-order valence-corrected chi connectivity index (χ4v) is 4.69. The van der Waals surface area contributed by atoms with Gasteiger partial charge in [-0.15, -0.1) is 0 Å². The Morgan fingerprint density at radius 2 is 1.86 bits per heavy atom. The van der Waals surface area contributed by atoms with Gasteiger partial charge >= 0.3 is 0 Å². The van der Waals surface area contributed by atoms with E-state index in [9.17, 15) is 4.79 Å². The molecule has 0 atom stereocenters. The molecule has 4 nitrogen and oxygen atoms in total. The van der Waals surface area contributed by atoms with Crippen molar-refractivity contribution in [2.75, 3.05) is 19.8 Å². The number of nitrogens with one attached hydrogen (secondary N) is 2. The lowest BCUT2D eigenvalue weighted by Gasteiger charge is -2.21. The number of carbonyl (C=O) groups is 1. The number of benzene rings is 2. The van der Waals surface area contributed by atoms with Crippen molar-refractivity contribution >= 4 is 51.8 Å². The van der Waals surface area contributed by atoms with Gasteiger partial charge in [-0.3, -0.25) is 4.79 Å². The largest absolute Gasteiger partial charge is 0.381 e. The lowest BCUT2D eigenvalue weighted by Crippen LogP contribution is -2.32. The van der Waals surface area contributed by atoms with Crippen molar-refractivity contribution in [3.63, 3.8) is 0 Å². The Bertz CT molecular complexity index is 982. The van der Waals surface area contributed by atoms with Gasteiger partial charge in [0.05, 0.1) is 0 Å². The second-order valence-corrected chi connectivity index (χ2v) is 8.86. The SMILES string of the molecule is O=C(NCC1CCOCC1)c1cc2c(Sc3ccc(Cl)cc3)cc(Cl)cc2[nH]1. The van der Waals surface area contributed by atoms with E-state index in [1.165, 1.54) is 0 Å². The number of H-pyrrole nitrogens is 1. The molecule has 7 heteroatoms. The van der Waals surface area contributed by atoms with Gasteiger partial charge in [-0.2, -0.15) is 0 Å². The standard InChI is InChI=1S/C21H20Cl2N2O2S/c22-14-1-3-16(4-2-14)28-20-10-15(23)9-18-17(20)11-19(25-18)21(26)24-12-13-5-7-27-8-6-13/h1-4,9-11,13,25H,5-8,12H2,(H,24,26). The lowest BCUT2D eigenvalue weighted by molar-refractivity contribution is 0.0642. The van der Waals surface area contributed by atoms with Gasteiger partial charge in [-0.05, 0) is 61.2 Å². The first-order valence-electron chi connectivity index (χ1n) is 9.20. The van der Waals surface area contributed by atoms with Crippen LogP contribution in [0.2, 0.25) is 10.0 Å². The number of carbonyl (C=O) groups excluding carboxylic acids is 1. The van der Waals surface area contributed by atoms with E-state index in [1.807, 2.05) is 42.5 Å². The maximum Gasteiger partial charge on any atom is 0.267 e. The van der Waals surface area contributed by atoms with Crippen molar-refractivity contribution in [2.24, 2.45) is 5.92 Å². The molecular formula is C21H20Cl2N2O2S. The zero-order valence-corrected chi connectivity index (χ0v) is 17.5. The van der Waals surface area contributed by atoms with E-state index >= 15 is 0 Å². The second-order valence-electron chi connectivity index (χ2n) is 6.87. The third kappa shape index (κ3) is 4.66. The van der Waals surface area contributed by atoms with Gasteiger partial charge in [0.25, 0.3) is 5.91 Å². The molecule has 0 saturated carbocycles. The first-order valence-corrected chi connectivity index (χ1v) is 10.8. The number of rotatable bonds is 5. The highest BCUT2D eigenvalue weighted by Gasteiger charge is 2.17. The predicted octanol–water partition coefficient (Wildman–Crippen LogP) is 5.78. The van der Waals surface area contributed by atoms with E-state index in [2.05, 4.69) is 10.3 Å². The van der Waals surface area contributed by atoms with E-state index in [4.69, 9.17) is 27.9 Å². The summed E-state index contributed by atoms with van der Waals surface area (Å²) in [6, 6.07) is 13.3. The molecule has 2 heterocycles. The van der Waals surface area contributed by atoms with E-state index in [-0.39, 0.29) is 5.91 Å². The third-order valence-corrected chi connectivity index (χ3v) is 6.38. The number of hydrogen-bond donors (Lipinski definition) is 2. The first-order chi connectivity index (χ1) is 13.6. The van der Waals surface area contributed by atoms with Gasteiger partial charge in [0.1, 0.15) is 5.69 Å². The molecule has 0 radical (unpaired) electrons. The Labute approximate surface area is 177 Å². The van der Waals surface area contributed by atoms with Gasteiger partial charge in [-0.1, -0.05) is 35.0 Å². The van der Waals surface area contributed by atoms with Gasteiger partial charge in [0.2, 0.25) is 0 Å². The Hall–Kier alpha value is -1.66. The third-order valence-electron chi connectivity index (χ3n) is 4.84. The molecule has 28 heavy (non-hydrogen) atoms. The minimum absolute atomic E-state index is 0.0961. The van der Waals surface area contributed by atoms with Crippen LogP contribution in [0.3, 0.4) is 0 Å². The molecule has 1 amide bonds. The molecule has 0 unspecified atom stereocenters. The number of fused-ring (bicyclic) bond motifs is 1. The van der Waals surface area contributed by atoms with Crippen molar-refractivity contribution in [1.82, 2.24) is 10.3 Å². The number of aromatic amines is 1. The molecule has 0 spiro atoms. The topological polar surface area (TPSA) is 54.1 Å². The van der Waals surface area contributed by atoms with Crippen LogP contribution in [-0.4, -0.2) is 30.6 Å². The normalized spacial score (nSPS) is 15.1. The monoisotopic (exact) mass is 434 g/mol. The average Bonchev–Trinajstić information content (AvgIpc) is 3.13. The summed E-state index contributed by atoms with van der Waals surface area (Å²) in [7, 11) is 0. The number of amides is 1. The highest BCUT2D eigenvalue weighted by molar-refractivity contribution is 7.99. The van der Waals surface area contributed by atoms with Gasteiger partial charge in [0.15, 0.2) is 0 Å². The molecule has 0 bridgehead atoms. The summed E-state index contributed by atoms with van der Waals surface area (Å²) in [5.41, 5.74) is 1.39. The molecule has 1 aliphatic rings. The van der Waals surface area contributed by atoms with Crippen molar-refractivity contribution in [3.8, 4) is 0 Å². The van der Waals surface area contributed by atoms with E-state index in [1.54, 1.807) is 11.8 Å². The highest BCUT2D eigenvalue weighted by atomic mass is 35.5. The van der Waals surface area contributed by atoms with Crippen LogP contribution >= 0.6 is 35.0 Å². The van der Waals surface area contributed by atoms with E-state index in [0.717, 1.165) is 46.7 Å². The predicted molar refractivity (Wildman–Crippen MR) is 115 cm³/mol. The molecule has 3 aromatic rings. The Morgan fingerprint density at radius 3 is 2.61 bits per heavy atom. The van der Waals surface area contributed by atoms with Crippen LogP contribution in [0.1, 0.15) is 23.3 Å². The summed E-state index contributed by atoms with van der Waals surface area (Å²) in [4.78, 5) is 17.9. The Kier molecular flexibility index (Phi) is 6.16. The van der Waals surface area contributed by atoms with Crippen LogP contribution in [-0.2, 0) is 4.74 Å². The molecule has 1 fully saturated rings. The summed E-state index contributed by atoms with van der Waals surface area (Å²) >= 11 is 13.9. The van der Waals surface area contributed by atoms with Crippen LogP contribution in [0.4, 0.5) is 0 Å². The zero-order chi connectivity index (χ0) is 19.5. The van der Waals surface area contributed by atoms with E-state index in [0.29, 0.717) is 28.2 Å². The molecule has 146 valence electrons. The maximum atomic E-state index is 12.6. The molecule has 4 rings (SSSR count). The van der Waals surface area contributed by atoms with Gasteiger partial charge in [0, 0.05) is 50.5 Å². The van der Waals surface area contributed by atoms with Crippen LogP contribution < -0.4 is 5.32 Å². The fraction of sp³-hybridized carbons (Fsp3) is 0.286. The molecule has 1 aliphatic heterocycles. The summed E-state index contributed by atoms with van der Waals surface area (Å²) in [5.74, 6) is 0.383. The van der Waals surface area contributed by atoms with Crippen molar-refractivity contribution in [2.45, 2.75) is 22.6 Å². The van der Waals surface area contributed by atoms with Crippen LogP contribution in [0.25, 0.3) is 10.9 Å². The molecule has 2 aromatic carbocycles. The molecule has 0 aliphatic carbocycles. The molecule has 1 saturated heterocycles. The molecular weight excluding hydrogens is 415 g/mol. The zero-order valence-electron chi connectivity index (χ0n) is 15.1. The van der Waals surface area contributed by atoms with Gasteiger partial charge in [-0.25, -0.2) is 0 Å². The number of aromatic nitrogens is 1. The van der Waals surface area contributed by atoms with E-state index < -0.39 is 0 Å². The van der Waals surface area contributed by atoms with Crippen LogP contribution in [0, 0.1) is 5.92 Å². The van der Waals surface area contributed by atoms with Crippen molar-refractivity contribution in [1.29, 1.82) is 0 Å². The number of halogens is 2. The Balaban J connectivity index is 1.54. The van der Waals surface area contributed by atoms with Crippen molar-refractivity contribution < 1.29 is 9.53 Å². The molecule has 2 N–H and O–H groups in total. The summed E-state index contributed by atoms with van der Waals surface area (Å²) < 4.78 is 5.37. The highest BCUT2D eigenvalue weighted by Crippen LogP contribution is 2.36. The average molecular weight is 435 g/mol. The van der Waals surface area contributed by atoms with Crippen LogP contribution in [0.5, 0.6) is 0 Å². The number of hydrogen-bond acceptors (Lipinski definition) is 3. The second kappa shape index (κ2) is 8.78. The summed E-state index contributed by atoms with van der Waals surface area (Å²) in [6.07, 6.45) is 1.98. The lowest BCUT2D eigenvalue weighted by atomic mass is 10.0. The first kappa shape index (κ1) is 19.6. The maximum absolute atomic E-state index is 12.6. The van der Waals surface area contributed by atoms with Crippen LogP contribution in [0.15, 0.2) is 52.3 Å².